The maximum atomic E-state index is 12.2. The zero-order chi connectivity index (χ0) is 10.2. The molecule has 0 bridgehead atoms. The lowest BCUT2D eigenvalue weighted by molar-refractivity contribution is -0.137. The normalized spacial score (nSPS) is 22.9. The fourth-order valence-corrected chi connectivity index (χ4v) is 1.41. The quantitative estimate of drug-likeness (QED) is 0.701. The molecule has 1 saturated heterocycles. The molecule has 0 unspecified atom stereocenters. The molecule has 14 heavy (non-hydrogen) atoms. The van der Waals surface area contributed by atoms with Gasteiger partial charge in [-0.3, -0.25) is 4.68 Å². The second kappa shape index (κ2) is 3.27. The van der Waals surface area contributed by atoms with E-state index < -0.39 is 11.7 Å². The lowest BCUT2D eigenvalue weighted by Crippen LogP contribution is -2.09. The monoisotopic (exact) mass is 206 g/mol. The van der Waals surface area contributed by atoms with Crippen molar-refractivity contribution in [3.8, 4) is 0 Å². The third-order valence-electron chi connectivity index (χ3n) is 2.21. The second-order valence-electron chi connectivity index (χ2n) is 3.22. The fourth-order valence-electron chi connectivity index (χ4n) is 1.41. The van der Waals surface area contributed by atoms with Crippen LogP contribution in [0.2, 0.25) is 0 Å². The van der Waals surface area contributed by atoms with E-state index in [9.17, 15) is 13.2 Å². The molecule has 1 aromatic rings. The van der Waals surface area contributed by atoms with Gasteiger partial charge in [-0.15, -0.1) is 0 Å². The summed E-state index contributed by atoms with van der Waals surface area (Å²) >= 11 is 0. The number of alkyl halides is 3. The van der Waals surface area contributed by atoms with Gasteiger partial charge in [0.25, 0.3) is 0 Å². The molecule has 0 saturated carbocycles. The number of hydrogen-bond donors (Lipinski definition) is 0. The Balaban J connectivity index is 2.17. The number of halogens is 3. The van der Waals surface area contributed by atoms with Gasteiger partial charge in [-0.05, 0) is 6.42 Å². The highest BCUT2D eigenvalue weighted by Gasteiger charge is 2.33. The molecule has 1 aliphatic rings. The molecule has 1 atom stereocenters. The van der Waals surface area contributed by atoms with Gasteiger partial charge in [0.1, 0.15) is 0 Å². The van der Waals surface area contributed by atoms with Gasteiger partial charge >= 0.3 is 6.18 Å². The van der Waals surface area contributed by atoms with E-state index in [0.717, 1.165) is 18.8 Å². The van der Waals surface area contributed by atoms with Crippen LogP contribution in [0.4, 0.5) is 13.2 Å². The van der Waals surface area contributed by atoms with Crippen LogP contribution in [0.3, 0.4) is 0 Å². The Hall–Kier alpha value is -1.04. The predicted octanol–water partition coefficient (Wildman–Crippen LogP) is 1.86. The summed E-state index contributed by atoms with van der Waals surface area (Å²) in [5.74, 6) is 0. The van der Waals surface area contributed by atoms with Crippen molar-refractivity contribution in [1.82, 2.24) is 9.78 Å². The SMILES string of the molecule is FC(F)(F)c1cnn([C@H]2CCOC2)c1. The Morgan fingerprint density at radius 2 is 2.29 bits per heavy atom. The van der Waals surface area contributed by atoms with Crippen LogP contribution >= 0.6 is 0 Å². The van der Waals surface area contributed by atoms with Crippen molar-refractivity contribution in [3.63, 3.8) is 0 Å². The highest BCUT2D eigenvalue weighted by Crippen LogP contribution is 2.30. The van der Waals surface area contributed by atoms with E-state index in [1.54, 1.807) is 0 Å². The number of aromatic nitrogens is 2. The Bertz CT molecular complexity index is 315. The van der Waals surface area contributed by atoms with Crippen LogP contribution in [0, 0.1) is 0 Å². The van der Waals surface area contributed by atoms with Gasteiger partial charge in [0, 0.05) is 12.8 Å². The molecule has 0 aromatic carbocycles. The van der Waals surface area contributed by atoms with E-state index in [-0.39, 0.29) is 6.04 Å². The minimum Gasteiger partial charge on any atom is -0.379 e. The third kappa shape index (κ3) is 1.75. The molecule has 2 heterocycles. The first-order chi connectivity index (χ1) is 6.57. The first-order valence-corrected chi connectivity index (χ1v) is 4.26. The summed E-state index contributed by atoms with van der Waals surface area (Å²) in [7, 11) is 0. The molecule has 0 amide bonds. The van der Waals surface area contributed by atoms with Crippen molar-refractivity contribution >= 4 is 0 Å². The molecule has 1 fully saturated rings. The molecular formula is C8H9F3N2O. The van der Waals surface area contributed by atoms with Crippen LogP contribution in [-0.2, 0) is 10.9 Å². The van der Waals surface area contributed by atoms with Gasteiger partial charge in [0.15, 0.2) is 0 Å². The summed E-state index contributed by atoms with van der Waals surface area (Å²) in [6, 6.07) is -0.0499. The van der Waals surface area contributed by atoms with Crippen LogP contribution in [0.15, 0.2) is 12.4 Å². The Labute approximate surface area is 78.5 Å². The molecule has 0 N–H and O–H groups in total. The minimum absolute atomic E-state index is 0.0499. The summed E-state index contributed by atoms with van der Waals surface area (Å²) in [5.41, 5.74) is -0.704. The van der Waals surface area contributed by atoms with Crippen LogP contribution in [0.25, 0.3) is 0 Å². The van der Waals surface area contributed by atoms with E-state index in [1.807, 2.05) is 0 Å². The first kappa shape index (κ1) is 9.51. The molecule has 6 heteroatoms. The van der Waals surface area contributed by atoms with Gasteiger partial charge in [-0.1, -0.05) is 0 Å². The Morgan fingerprint density at radius 1 is 1.50 bits per heavy atom. The molecule has 1 aliphatic heterocycles. The minimum atomic E-state index is -4.31. The number of hydrogen-bond acceptors (Lipinski definition) is 2. The zero-order valence-corrected chi connectivity index (χ0v) is 7.29. The summed E-state index contributed by atoms with van der Waals surface area (Å²) in [4.78, 5) is 0. The van der Waals surface area contributed by atoms with Crippen LogP contribution in [0.5, 0.6) is 0 Å². The molecule has 0 radical (unpaired) electrons. The topological polar surface area (TPSA) is 27.1 Å². The van der Waals surface area contributed by atoms with E-state index in [2.05, 4.69) is 5.10 Å². The zero-order valence-electron chi connectivity index (χ0n) is 7.29. The van der Waals surface area contributed by atoms with Gasteiger partial charge in [-0.25, -0.2) is 0 Å². The molecule has 1 aromatic heterocycles. The van der Waals surface area contributed by atoms with Crippen molar-refractivity contribution in [2.24, 2.45) is 0 Å². The largest absolute Gasteiger partial charge is 0.419 e. The second-order valence-corrected chi connectivity index (χ2v) is 3.22. The number of ether oxygens (including phenoxy) is 1. The van der Waals surface area contributed by atoms with E-state index >= 15 is 0 Å². The number of nitrogens with zero attached hydrogens (tertiary/aromatic N) is 2. The summed E-state index contributed by atoms with van der Waals surface area (Å²) < 4.78 is 43.0. The van der Waals surface area contributed by atoms with Crippen LogP contribution < -0.4 is 0 Å². The Kier molecular flexibility index (Phi) is 2.22. The van der Waals surface area contributed by atoms with E-state index in [1.165, 1.54) is 4.68 Å². The van der Waals surface area contributed by atoms with Crippen molar-refractivity contribution < 1.29 is 17.9 Å². The summed E-state index contributed by atoms with van der Waals surface area (Å²) in [6.45, 7) is 1.03. The summed E-state index contributed by atoms with van der Waals surface area (Å²) in [5, 5.41) is 3.68. The standard InChI is InChI=1S/C8H9F3N2O/c9-8(10,11)6-3-12-13(4-6)7-1-2-14-5-7/h3-4,7H,1-2,5H2/t7-/m0/s1. The highest BCUT2D eigenvalue weighted by molar-refractivity contribution is 5.09. The van der Waals surface area contributed by atoms with Gasteiger partial charge < -0.3 is 4.74 Å². The molecule has 78 valence electrons. The van der Waals surface area contributed by atoms with Gasteiger partial charge in [-0.2, -0.15) is 18.3 Å². The highest BCUT2D eigenvalue weighted by atomic mass is 19.4. The average molecular weight is 206 g/mol. The fraction of sp³-hybridized carbons (Fsp3) is 0.625. The number of rotatable bonds is 1. The predicted molar refractivity (Wildman–Crippen MR) is 41.7 cm³/mol. The Morgan fingerprint density at radius 3 is 2.79 bits per heavy atom. The molecule has 0 spiro atoms. The van der Waals surface area contributed by atoms with Crippen molar-refractivity contribution in [2.45, 2.75) is 18.6 Å². The first-order valence-electron chi connectivity index (χ1n) is 4.26. The maximum absolute atomic E-state index is 12.2. The van der Waals surface area contributed by atoms with Gasteiger partial charge in [0.2, 0.25) is 0 Å². The van der Waals surface area contributed by atoms with Crippen molar-refractivity contribution in [3.05, 3.63) is 18.0 Å². The van der Waals surface area contributed by atoms with Crippen LogP contribution in [0.1, 0.15) is 18.0 Å². The molecule has 3 nitrogen and oxygen atoms in total. The van der Waals surface area contributed by atoms with Crippen molar-refractivity contribution in [2.75, 3.05) is 13.2 Å². The lowest BCUT2D eigenvalue weighted by Gasteiger charge is -2.07. The maximum Gasteiger partial charge on any atom is 0.419 e. The molecular weight excluding hydrogens is 197 g/mol. The average Bonchev–Trinajstić information content (AvgIpc) is 2.73. The molecule has 0 aliphatic carbocycles. The van der Waals surface area contributed by atoms with E-state index in [0.29, 0.717) is 13.2 Å². The van der Waals surface area contributed by atoms with Crippen molar-refractivity contribution in [1.29, 1.82) is 0 Å². The van der Waals surface area contributed by atoms with E-state index in [4.69, 9.17) is 4.74 Å². The third-order valence-corrected chi connectivity index (χ3v) is 2.21. The summed E-state index contributed by atoms with van der Waals surface area (Å²) in [6.07, 6.45) is -1.71. The van der Waals surface area contributed by atoms with Gasteiger partial charge in [0.05, 0.1) is 24.4 Å². The van der Waals surface area contributed by atoms with Crippen LogP contribution in [-0.4, -0.2) is 23.0 Å². The smallest absolute Gasteiger partial charge is 0.379 e. The lowest BCUT2D eigenvalue weighted by atomic mass is 10.3. The molecule has 2 rings (SSSR count).